The first kappa shape index (κ1) is 40.1. The Balaban J connectivity index is 1.02. The van der Waals surface area contributed by atoms with Crippen LogP contribution in [0, 0.1) is 11.8 Å². The van der Waals surface area contributed by atoms with Crippen molar-refractivity contribution in [3.8, 4) is 33.6 Å². The van der Waals surface area contributed by atoms with Crippen molar-refractivity contribution in [1.29, 1.82) is 0 Å². The molecule has 2 aliphatic carbocycles. The zero-order chi connectivity index (χ0) is 41.5. The first-order chi connectivity index (χ1) is 28.5. The van der Waals surface area contributed by atoms with Crippen molar-refractivity contribution < 1.29 is 28.7 Å². The molecule has 8 rings (SSSR count). The SMILES string of the molecule is COC(=O)N[C@H](C(=O)N1CCC[C@H]1c1ncc(-c2ccc(-c3ccc4c(c3)CCc3[nH]c([C@@H]5CCCN5C(=O)[C@@H](NC(=O)OC)C(C)C)nc3-4)c3c2CCC3)[nH]1)C(C)C. The topological polar surface area (TPSA) is 175 Å². The monoisotopic (exact) mass is 804 g/mol. The van der Waals surface area contributed by atoms with Crippen LogP contribution in [0.3, 0.4) is 0 Å². The number of hydrogen-bond acceptors (Lipinski definition) is 8. The minimum atomic E-state index is -0.683. The number of carbonyl (C=O) groups excluding carboxylic acids is 4. The molecule has 14 heteroatoms. The molecule has 0 radical (unpaired) electrons. The molecule has 4 amide bonds. The molecule has 4 N–H and O–H groups in total. The Hall–Kier alpha value is -5.66. The van der Waals surface area contributed by atoms with Crippen molar-refractivity contribution in [2.45, 2.75) is 110 Å². The van der Waals surface area contributed by atoms with Gasteiger partial charge >= 0.3 is 12.2 Å². The first-order valence-corrected chi connectivity index (χ1v) is 21.2. The van der Waals surface area contributed by atoms with Crippen LogP contribution in [0.1, 0.15) is 106 Å². The number of aryl methyl sites for hydroxylation is 2. The van der Waals surface area contributed by atoms with Crippen LogP contribution in [0.4, 0.5) is 9.59 Å². The Kier molecular flexibility index (Phi) is 11.2. The molecular weight excluding hydrogens is 749 g/mol. The highest BCUT2D eigenvalue weighted by Gasteiger charge is 2.40. The summed E-state index contributed by atoms with van der Waals surface area (Å²) in [7, 11) is 2.61. The highest BCUT2D eigenvalue weighted by Crippen LogP contribution is 2.43. The smallest absolute Gasteiger partial charge is 0.407 e. The summed E-state index contributed by atoms with van der Waals surface area (Å²) in [5, 5.41) is 5.47. The fraction of sp³-hybridized carbons (Fsp3) is 0.511. The molecule has 2 saturated heterocycles. The zero-order valence-corrected chi connectivity index (χ0v) is 34.9. The van der Waals surface area contributed by atoms with Gasteiger partial charge in [0.2, 0.25) is 11.8 Å². The van der Waals surface area contributed by atoms with Gasteiger partial charge in [-0.05, 0) is 97.4 Å². The van der Waals surface area contributed by atoms with Crippen LogP contribution < -0.4 is 10.6 Å². The number of fused-ring (bicyclic) bond motifs is 4. The van der Waals surface area contributed by atoms with Gasteiger partial charge in [-0.15, -0.1) is 0 Å². The molecule has 312 valence electrons. The van der Waals surface area contributed by atoms with E-state index in [-0.39, 0.29) is 35.7 Å². The second-order valence-corrected chi connectivity index (χ2v) is 17.1. The molecule has 0 saturated carbocycles. The Morgan fingerprint density at radius 1 is 0.712 bits per heavy atom. The highest BCUT2D eigenvalue weighted by molar-refractivity contribution is 5.87. The summed E-state index contributed by atoms with van der Waals surface area (Å²) in [6.07, 6.45) is 8.79. The number of H-pyrrole nitrogens is 2. The van der Waals surface area contributed by atoms with Gasteiger partial charge in [0.05, 0.1) is 43.9 Å². The number of aromatic amines is 2. The first-order valence-electron chi connectivity index (χ1n) is 21.2. The van der Waals surface area contributed by atoms with Crippen LogP contribution in [0.5, 0.6) is 0 Å². The van der Waals surface area contributed by atoms with Crippen molar-refractivity contribution in [1.82, 2.24) is 40.4 Å². The molecule has 4 aliphatic rings. The lowest BCUT2D eigenvalue weighted by Crippen LogP contribution is -2.51. The number of nitrogens with zero attached hydrogens (tertiary/aromatic N) is 4. The number of carbonyl (C=O) groups is 4. The lowest BCUT2D eigenvalue weighted by Gasteiger charge is -2.30. The number of nitrogens with one attached hydrogen (secondary N) is 4. The van der Waals surface area contributed by atoms with Crippen molar-refractivity contribution in [3.05, 3.63) is 70.6 Å². The molecule has 4 atom stereocenters. The van der Waals surface area contributed by atoms with Crippen molar-refractivity contribution in [2.75, 3.05) is 27.3 Å². The minimum Gasteiger partial charge on any atom is -0.453 e. The normalized spacial score (nSPS) is 19.3. The summed E-state index contributed by atoms with van der Waals surface area (Å²) in [5.41, 5.74) is 11.7. The van der Waals surface area contributed by atoms with E-state index < -0.39 is 24.3 Å². The average molecular weight is 805 g/mol. The van der Waals surface area contributed by atoms with Crippen molar-refractivity contribution in [3.63, 3.8) is 0 Å². The molecule has 14 nitrogen and oxygen atoms in total. The maximum Gasteiger partial charge on any atom is 0.407 e. The number of rotatable bonds is 10. The van der Waals surface area contributed by atoms with Gasteiger partial charge in [-0.1, -0.05) is 58.0 Å². The van der Waals surface area contributed by atoms with Gasteiger partial charge in [0.15, 0.2) is 0 Å². The van der Waals surface area contributed by atoms with Gasteiger partial charge in [-0.25, -0.2) is 19.6 Å². The predicted molar refractivity (Wildman–Crippen MR) is 222 cm³/mol. The molecule has 4 aromatic rings. The van der Waals surface area contributed by atoms with Gasteiger partial charge in [-0.3, -0.25) is 9.59 Å². The van der Waals surface area contributed by atoms with E-state index in [9.17, 15) is 19.2 Å². The summed E-state index contributed by atoms with van der Waals surface area (Å²) in [6.45, 7) is 8.90. The standard InChI is InChI=1S/C45H56N8O6/c1-24(2)37(50-44(56)58-5)42(54)52-20-8-12-35(52)40-46-23-34(48-40)32-18-17-28(30-10-7-11-31(30)32)26-14-16-29-27(22-26)15-19-33-39(29)49-41(47-33)36-13-9-21-53(36)43(55)38(25(3)4)51-45(57)59-6/h14,16-18,22-25,35-38H,7-13,15,19-21H2,1-6H3,(H,46,48)(H,47,49)(H,50,56)(H,51,57)/t35-,36-,37-,38-/m0/s1. The number of methoxy groups -OCH3 is 2. The van der Waals surface area contributed by atoms with Crippen LogP contribution in [-0.4, -0.2) is 93.1 Å². The van der Waals surface area contributed by atoms with Crippen LogP contribution >= 0.6 is 0 Å². The number of amides is 4. The number of likely N-dealkylation sites (tertiary alicyclic amines) is 2. The fourth-order valence-corrected chi connectivity index (χ4v) is 9.71. The molecule has 2 aromatic heterocycles. The van der Waals surface area contributed by atoms with E-state index >= 15 is 0 Å². The number of ether oxygens (including phenoxy) is 2. The van der Waals surface area contributed by atoms with Crippen LogP contribution in [0.15, 0.2) is 36.5 Å². The Morgan fingerprint density at radius 3 is 1.90 bits per heavy atom. The molecule has 0 spiro atoms. The molecule has 59 heavy (non-hydrogen) atoms. The van der Waals surface area contributed by atoms with E-state index in [1.165, 1.54) is 42.0 Å². The second-order valence-electron chi connectivity index (χ2n) is 17.1. The summed E-state index contributed by atoms with van der Waals surface area (Å²) >= 11 is 0. The maximum atomic E-state index is 13.8. The molecule has 0 bridgehead atoms. The summed E-state index contributed by atoms with van der Waals surface area (Å²) in [5.74, 6) is 1.13. The third kappa shape index (κ3) is 7.57. The zero-order valence-electron chi connectivity index (χ0n) is 34.9. The van der Waals surface area contributed by atoms with Gasteiger partial charge in [0.25, 0.3) is 0 Å². The van der Waals surface area contributed by atoms with E-state index in [4.69, 9.17) is 19.4 Å². The predicted octanol–water partition coefficient (Wildman–Crippen LogP) is 6.81. The van der Waals surface area contributed by atoms with E-state index in [0.717, 1.165) is 97.6 Å². The average Bonchev–Trinajstić information content (AvgIpc) is 4.09. The van der Waals surface area contributed by atoms with Gasteiger partial charge in [-0.2, -0.15) is 0 Å². The lowest BCUT2D eigenvalue weighted by atomic mass is 9.87. The van der Waals surface area contributed by atoms with Crippen molar-refractivity contribution in [2.24, 2.45) is 11.8 Å². The number of benzene rings is 2. The molecule has 2 fully saturated rings. The molecule has 2 aromatic carbocycles. The summed E-state index contributed by atoms with van der Waals surface area (Å²) in [4.78, 5) is 72.5. The third-order valence-electron chi connectivity index (χ3n) is 12.8. The summed E-state index contributed by atoms with van der Waals surface area (Å²) in [6, 6.07) is 9.46. The highest BCUT2D eigenvalue weighted by atomic mass is 16.5. The van der Waals surface area contributed by atoms with E-state index in [0.29, 0.717) is 13.1 Å². The minimum absolute atomic E-state index is 0.0982. The Morgan fingerprint density at radius 2 is 1.29 bits per heavy atom. The Labute approximate surface area is 345 Å². The molecular formula is C45H56N8O6. The van der Waals surface area contributed by atoms with E-state index in [1.54, 1.807) is 0 Å². The number of alkyl carbamates (subject to hydrolysis) is 2. The quantitative estimate of drug-likeness (QED) is 0.135. The van der Waals surface area contributed by atoms with Gasteiger partial charge < -0.3 is 39.9 Å². The summed E-state index contributed by atoms with van der Waals surface area (Å²) < 4.78 is 9.61. The molecule has 2 aliphatic heterocycles. The number of imidazole rings is 2. The number of hydrogen-bond donors (Lipinski definition) is 4. The van der Waals surface area contributed by atoms with Gasteiger partial charge in [0, 0.05) is 29.9 Å². The third-order valence-corrected chi connectivity index (χ3v) is 12.8. The largest absolute Gasteiger partial charge is 0.453 e. The Bertz CT molecular complexity index is 2260. The van der Waals surface area contributed by atoms with Crippen LogP contribution in [0.25, 0.3) is 33.6 Å². The number of aromatic nitrogens is 4. The fourth-order valence-electron chi connectivity index (χ4n) is 9.71. The van der Waals surface area contributed by atoms with Crippen LogP contribution in [-0.2, 0) is 44.7 Å². The second kappa shape index (κ2) is 16.5. The van der Waals surface area contributed by atoms with E-state index in [2.05, 4.69) is 50.9 Å². The molecule has 4 heterocycles. The maximum absolute atomic E-state index is 13.8. The van der Waals surface area contributed by atoms with E-state index in [1.807, 2.05) is 43.7 Å². The van der Waals surface area contributed by atoms with Crippen molar-refractivity contribution >= 4 is 24.0 Å². The van der Waals surface area contributed by atoms with Gasteiger partial charge in [0.1, 0.15) is 23.7 Å². The molecule has 0 unspecified atom stereocenters. The lowest BCUT2D eigenvalue weighted by molar-refractivity contribution is -0.136. The van der Waals surface area contributed by atoms with Crippen LogP contribution in [0.2, 0.25) is 0 Å².